The minimum atomic E-state index is -0.0557. The van der Waals surface area contributed by atoms with Crippen molar-refractivity contribution >= 4 is 5.52 Å². The molecule has 0 spiro atoms. The first kappa shape index (κ1) is 11.9. The Kier molecular flexibility index (Phi) is 3.03. The van der Waals surface area contributed by atoms with Crippen LogP contribution in [0.4, 0.5) is 0 Å². The van der Waals surface area contributed by atoms with E-state index in [1.807, 2.05) is 41.2 Å². The van der Waals surface area contributed by atoms with E-state index in [0.29, 0.717) is 0 Å². The standard InChI is InChI=1S/C15H16N4/c1-11-5-4-6-12(9-11)15(18-16)13-10-17-19-8-3-2-7-14(13)19/h2-10,15,18H,16H2,1H3. The van der Waals surface area contributed by atoms with Gasteiger partial charge in [0, 0.05) is 11.8 Å². The quantitative estimate of drug-likeness (QED) is 0.555. The third-order valence-electron chi connectivity index (χ3n) is 3.31. The smallest absolute Gasteiger partial charge is 0.0747 e. The van der Waals surface area contributed by atoms with E-state index < -0.39 is 0 Å². The van der Waals surface area contributed by atoms with Gasteiger partial charge in [-0.3, -0.25) is 5.84 Å². The maximum absolute atomic E-state index is 5.75. The molecule has 0 aliphatic rings. The van der Waals surface area contributed by atoms with Crippen molar-refractivity contribution in [2.45, 2.75) is 13.0 Å². The minimum Gasteiger partial charge on any atom is -0.271 e. The first-order chi connectivity index (χ1) is 9.29. The fourth-order valence-electron chi connectivity index (χ4n) is 2.39. The van der Waals surface area contributed by atoms with Gasteiger partial charge in [-0.1, -0.05) is 35.9 Å². The van der Waals surface area contributed by atoms with Crippen LogP contribution in [0, 0.1) is 6.92 Å². The highest BCUT2D eigenvalue weighted by molar-refractivity contribution is 5.57. The Labute approximate surface area is 111 Å². The lowest BCUT2D eigenvalue weighted by atomic mass is 9.99. The summed E-state index contributed by atoms with van der Waals surface area (Å²) in [5.74, 6) is 5.75. The zero-order chi connectivity index (χ0) is 13.2. The molecule has 0 amide bonds. The number of hydrazine groups is 1. The highest BCUT2D eigenvalue weighted by atomic mass is 15.3. The molecule has 3 aromatic rings. The second kappa shape index (κ2) is 4.84. The zero-order valence-electron chi connectivity index (χ0n) is 10.7. The third kappa shape index (κ3) is 2.12. The van der Waals surface area contributed by atoms with Gasteiger partial charge in [0.1, 0.15) is 0 Å². The molecule has 3 rings (SSSR count). The number of nitrogens with one attached hydrogen (secondary N) is 1. The molecular formula is C15H16N4. The van der Waals surface area contributed by atoms with Gasteiger partial charge in [0.25, 0.3) is 0 Å². The monoisotopic (exact) mass is 252 g/mol. The van der Waals surface area contributed by atoms with Gasteiger partial charge < -0.3 is 0 Å². The molecule has 4 heteroatoms. The number of nitrogens with two attached hydrogens (primary N) is 1. The molecule has 0 radical (unpaired) electrons. The molecule has 2 aromatic heterocycles. The predicted molar refractivity (Wildman–Crippen MR) is 75.5 cm³/mol. The second-order valence-corrected chi connectivity index (χ2v) is 4.64. The van der Waals surface area contributed by atoms with Gasteiger partial charge in [-0.25, -0.2) is 9.94 Å². The number of rotatable bonds is 3. The second-order valence-electron chi connectivity index (χ2n) is 4.64. The summed E-state index contributed by atoms with van der Waals surface area (Å²) in [6, 6.07) is 14.3. The molecule has 96 valence electrons. The molecule has 0 fully saturated rings. The fourth-order valence-corrected chi connectivity index (χ4v) is 2.39. The van der Waals surface area contributed by atoms with Crippen molar-refractivity contribution in [3.8, 4) is 0 Å². The molecule has 0 aliphatic heterocycles. The lowest BCUT2D eigenvalue weighted by molar-refractivity contribution is 0.640. The van der Waals surface area contributed by atoms with E-state index in [9.17, 15) is 0 Å². The molecule has 1 unspecified atom stereocenters. The number of fused-ring (bicyclic) bond motifs is 1. The topological polar surface area (TPSA) is 55.3 Å². The summed E-state index contributed by atoms with van der Waals surface area (Å²) in [5, 5.41) is 4.36. The Bertz CT molecular complexity index is 702. The van der Waals surface area contributed by atoms with Gasteiger partial charge in [-0.05, 0) is 24.6 Å². The van der Waals surface area contributed by atoms with Gasteiger partial charge in [-0.2, -0.15) is 5.10 Å². The van der Waals surface area contributed by atoms with E-state index in [2.05, 4.69) is 35.6 Å². The van der Waals surface area contributed by atoms with Gasteiger partial charge in [0.05, 0.1) is 17.8 Å². The predicted octanol–water partition coefficient (Wildman–Crippen LogP) is 2.20. The first-order valence-corrected chi connectivity index (χ1v) is 6.24. The van der Waals surface area contributed by atoms with Crippen molar-refractivity contribution in [2.24, 2.45) is 5.84 Å². The molecule has 0 bridgehead atoms. The average Bonchev–Trinajstić information content (AvgIpc) is 2.84. The number of hydrogen-bond donors (Lipinski definition) is 2. The maximum Gasteiger partial charge on any atom is 0.0747 e. The number of pyridine rings is 1. The van der Waals surface area contributed by atoms with Crippen molar-refractivity contribution in [3.05, 3.63) is 71.5 Å². The van der Waals surface area contributed by atoms with Crippen molar-refractivity contribution in [2.75, 3.05) is 0 Å². The summed E-state index contributed by atoms with van der Waals surface area (Å²) in [4.78, 5) is 0. The van der Waals surface area contributed by atoms with Crippen LogP contribution in [0.15, 0.2) is 54.9 Å². The Hall–Kier alpha value is -2.17. The molecule has 3 N–H and O–H groups in total. The first-order valence-electron chi connectivity index (χ1n) is 6.24. The van der Waals surface area contributed by atoms with E-state index in [1.54, 1.807) is 0 Å². The lowest BCUT2D eigenvalue weighted by Crippen LogP contribution is -2.28. The van der Waals surface area contributed by atoms with Crippen molar-refractivity contribution in [3.63, 3.8) is 0 Å². The van der Waals surface area contributed by atoms with Crippen LogP contribution in [0.2, 0.25) is 0 Å². The SMILES string of the molecule is Cc1cccc(C(NN)c2cnn3ccccc23)c1. The molecule has 1 aromatic carbocycles. The van der Waals surface area contributed by atoms with Crippen molar-refractivity contribution in [1.29, 1.82) is 0 Å². The Morgan fingerprint density at radius 3 is 2.89 bits per heavy atom. The van der Waals surface area contributed by atoms with Crippen LogP contribution < -0.4 is 11.3 Å². The Balaban J connectivity index is 2.12. The molecule has 2 heterocycles. The normalized spacial score (nSPS) is 12.7. The van der Waals surface area contributed by atoms with Crippen molar-refractivity contribution < 1.29 is 0 Å². The van der Waals surface area contributed by atoms with Crippen LogP contribution in [0.3, 0.4) is 0 Å². The molecule has 4 nitrogen and oxygen atoms in total. The Morgan fingerprint density at radius 2 is 2.11 bits per heavy atom. The largest absolute Gasteiger partial charge is 0.271 e. The van der Waals surface area contributed by atoms with Gasteiger partial charge in [-0.15, -0.1) is 0 Å². The van der Waals surface area contributed by atoms with Crippen LogP contribution >= 0.6 is 0 Å². The highest BCUT2D eigenvalue weighted by Crippen LogP contribution is 2.25. The minimum absolute atomic E-state index is 0.0557. The number of benzene rings is 1. The Morgan fingerprint density at radius 1 is 1.21 bits per heavy atom. The maximum atomic E-state index is 5.75. The number of nitrogens with zero attached hydrogens (tertiary/aromatic N) is 2. The third-order valence-corrected chi connectivity index (χ3v) is 3.31. The summed E-state index contributed by atoms with van der Waals surface area (Å²) in [7, 11) is 0. The molecular weight excluding hydrogens is 236 g/mol. The highest BCUT2D eigenvalue weighted by Gasteiger charge is 2.16. The van der Waals surface area contributed by atoms with Crippen LogP contribution in [-0.4, -0.2) is 9.61 Å². The molecule has 0 saturated carbocycles. The van der Waals surface area contributed by atoms with Crippen LogP contribution in [-0.2, 0) is 0 Å². The lowest BCUT2D eigenvalue weighted by Gasteiger charge is -2.16. The van der Waals surface area contributed by atoms with E-state index in [0.717, 1.165) is 16.6 Å². The summed E-state index contributed by atoms with van der Waals surface area (Å²) in [6.45, 7) is 2.08. The molecule has 19 heavy (non-hydrogen) atoms. The summed E-state index contributed by atoms with van der Waals surface area (Å²) < 4.78 is 1.86. The molecule has 0 saturated heterocycles. The number of aromatic nitrogens is 2. The van der Waals surface area contributed by atoms with E-state index in [4.69, 9.17) is 5.84 Å². The van der Waals surface area contributed by atoms with Crippen LogP contribution in [0.1, 0.15) is 22.7 Å². The molecule has 0 aliphatic carbocycles. The van der Waals surface area contributed by atoms with Gasteiger partial charge in [0.15, 0.2) is 0 Å². The number of aryl methyl sites for hydroxylation is 1. The summed E-state index contributed by atoms with van der Waals surface area (Å²) >= 11 is 0. The van der Waals surface area contributed by atoms with Gasteiger partial charge in [0.2, 0.25) is 0 Å². The average molecular weight is 252 g/mol. The van der Waals surface area contributed by atoms with Crippen molar-refractivity contribution in [1.82, 2.24) is 15.0 Å². The zero-order valence-corrected chi connectivity index (χ0v) is 10.7. The number of hydrogen-bond acceptors (Lipinski definition) is 3. The van der Waals surface area contributed by atoms with E-state index in [1.165, 1.54) is 5.56 Å². The summed E-state index contributed by atoms with van der Waals surface area (Å²) in [5.41, 5.74) is 7.38. The molecule has 1 atom stereocenters. The van der Waals surface area contributed by atoms with E-state index >= 15 is 0 Å². The van der Waals surface area contributed by atoms with Crippen LogP contribution in [0.5, 0.6) is 0 Å². The summed E-state index contributed by atoms with van der Waals surface area (Å²) in [6.07, 6.45) is 3.80. The fraction of sp³-hybridized carbons (Fsp3) is 0.133. The van der Waals surface area contributed by atoms with E-state index in [-0.39, 0.29) is 6.04 Å². The van der Waals surface area contributed by atoms with Gasteiger partial charge >= 0.3 is 0 Å². The van der Waals surface area contributed by atoms with Crippen LogP contribution in [0.25, 0.3) is 5.52 Å².